The molecule has 3 aliphatic carbocycles. The molecule has 0 spiro atoms. The Morgan fingerprint density at radius 1 is 0.935 bits per heavy atom. The molecule has 0 heterocycles. The van der Waals surface area contributed by atoms with Crippen molar-refractivity contribution in [3.05, 3.63) is 70.8 Å². The first-order valence-corrected chi connectivity index (χ1v) is 11.5. The quantitative estimate of drug-likeness (QED) is 0.545. The number of carbonyl (C=O) groups is 1. The molecule has 2 unspecified atom stereocenters. The van der Waals surface area contributed by atoms with E-state index in [1.54, 1.807) is 0 Å². The van der Waals surface area contributed by atoms with Crippen LogP contribution in [0.5, 0.6) is 0 Å². The normalized spacial score (nSPS) is 25.0. The summed E-state index contributed by atoms with van der Waals surface area (Å²) in [5, 5.41) is -4.57. The smallest absolute Gasteiger partial charge is 0.402 e. The van der Waals surface area contributed by atoms with Crippen LogP contribution in [0.1, 0.15) is 54.9 Å². The Bertz CT molecular complexity index is 1090. The van der Waals surface area contributed by atoms with Gasteiger partial charge in [0.25, 0.3) is 0 Å². The van der Waals surface area contributed by atoms with E-state index in [0.29, 0.717) is 0 Å². The van der Waals surface area contributed by atoms with Crippen LogP contribution in [0.25, 0.3) is 0 Å². The molecular formula is C23H24F2O5S. The molecule has 0 radical (unpaired) electrons. The maximum absolute atomic E-state index is 13.7. The first kappa shape index (κ1) is 21.9. The lowest BCUT2D eigenvalue weighted by molar-refractivity contribution is -0.160. The summed E-state index contributed by atoms with van der Waals surface area (Å²) in [6, 6.07) is 15.6. The third kappa shape index (κ3) is 3.46. The topological polar surface area (TPSA) is 80.7 Å². The van der Waals surface area contributed by atoms with E-state index in [2.05, 4.69) is 0 Å². The number of hydrogen-bond donors (Lipinski definition) is 1. The van der Waals surface area contributed by atoms with Gasteiger partial charge in [0.1, 0.15) is 0 Å². The Kier molecular flexibility index (Phi) is 5.01. The summed E-state index contributed by atoms with van der Waals surface area (Å²) in [6.07, 6.45) is 0. The lowest BCUT2D eigenvalue weighted by Crippen LogP contribution is -2.49. The van der Waals surface area contributed by atoms with Gasteiger partial charge in [0, 0.05) is 11.8 Å². The zero-order valence-corrected chi connectivity index (χ0v) is 18.2. The van der Waals surface area contributed by atoms with E-state index in [1.807, 2.05) is 69.3 Å². The average molecular weight is 451 g/mol. The monoisotopic (exact) mass is 450 g/mol. The maximum atomic E-state index is 13.7. The fourth-order valence-corrected chi connectivity index (χ4v) is 5.53. The van der Waals surface area contributed by atoms with Gasteiger partial charge in [-0.25, -0.2) is 0 Å². The predicted molar refractivity (Wildman–Crippen MR) is 110 cm³/mol. The molecule has 1 N–H and O–H groups in total. The zero-order valence-electron chi connectivity index (χ0n) is 17.4. The van der Waals surface area contributed by atoms with Crippen molar-refractivity contribution in [3.8, 4) is 0 Å². The van der Waals surface area contributed by atoms with E-state index in [9.17, 15) is 22.0 Å². The van der Waals surface area contributed by atoms with E-state index in [4.69, 9.17) is 9.29 Å². The molecule has 5 nitrogen and oxygen atoms in total. The molecule has 0 aliphatic heterocycles. The Morgan fingerprint density at radius 2 is 1.35 bits per heavy atom. The van der Waals surface area contributed by atoms with E-state index in [1.165, 1.54) is 0 Å². The van der Waals surface area contributed by atoms with Gasteiger partial charge in [-0.05, 0) is 33.6 Å². The summed E-state index contributed by atoms with van der Waals surface area (Å²) in [5.41, 5.74) is 3.75. The Hall–Kier alpha value is -2.32. The number of rotatable bonds is 4. The van der Waals surface area contributed by atoms with Gasteiger partial charge in [0.15, 0.2) is 6.61 Å². The van der Waals surface area contributed by atoms with Gasteiger partial charge in [-0.1, -0.05) is 69.3 Å². The molecule has 2 aromatic carbocycles. The summed E-state index contributed by atoms with van der Waals surface area (Å²) >= 11 is 0. The molecule has 0 amide bonds. The molecule has 166 valence electrons. The Balaban J connectivity index is 1.81. The van der Waals surface area contributed by atoms with Gasteiger partial charge in [-0.3, -0.25) is 9.35 Å². The molecule has 0 saturated heterocycles. The van der Waals surface area contributed by atoms with Crippen LogP contribution in [0.4, 0.5) is 8.78 Å². The second kappa shape index (κ2) is 7.10. The summed E-state index contributed by atoms with van der Waals surface area (Å²) < 4.78 is 62.9. The second-order valence-corrected chi connectivity index (χ2v) is 10.9. The third-order valence-electron chi connectivity index (χ3n) is 6.47. The second-order valence-electron chi connectivity index (χ2n) is 9.35. The number of carbonyl (C=O) groups excluding carboxylic acids is 1. The number of esters is 1. The van der Waals surface area contributed by atoms with Crippen molar-refractivity contribution in [1.29, 1.82) is 0 Å². The largest absolute Gasteiger partial charge is 0.458 e. The summed E-state index contributed by atoms with van der Waals surface area (Å²) in [5.74, 6) is -2.44. The van der Waals surface area contributed by atoms with Gasteiger partial charge >= 0.3 is 21.3 Å². The highest BCUT2D eigenvalue weighted by atomic mass is 32.2. The highest BCUT2D eigenvalue weighted by Gasteiger charge is 2.57. The van der Waals surface area contributed by atoms with Gasteiger partial charge in [-0.15, -0.1) is 0 Å². The molecule has 0 saturated carbocycles. The van der Waals surface area contributed by atoms with Crippen LogP contribution < -0.4 is 0 Å². The van der Waals surface area contributed by atoms with Crippen LogP contribution in [0, 0.1) is 17.3 Å². The molecule has 8 heteroatoms. The highest BCUT2D eigenvalue weighted by molar-refractivity contribution is 7.86. The predicted octanol–water partition coefficient (Wildman–Crippen LogP) is 4.58. The third-order valence-corrected chi connectivity index (χ3v) is 7.34. The molecule has 2 aromatic rings. The van der Waals surface area contributed by atoms with Crippen molar-refractivity contribution in [3.63, 3.8) is 0 Å². The molecule has 3 aliphatic rings. The fraction of sp³-hybridized carbons (Fsp3) is 0.435. The number of alkyl halides is 2. The van der Waals surface area contributed by atoms with Crippen molar-refractivity contribution >= 4 is 16.1 Å². The first-order valence-electron chi connectivity index (χ1n) is 10.0. The molecule has 0 aromatic heterocycles. The minimum atomic E-state index is -5.69. The number of fused-ring (bicyclic) bond motifs is 1. The summed E-state index contributed by atoms with van der Waals surface area (Å²) in [4.78, 5) is 13.2. The van der Waals surface area contributed by atoms with E-state index < -0.39 is 39.8 Å². The fourth-order valence-electron chi connectivity index (χ4n) is 5.33. The van der Waals surface area contributed by atoms with Gasteiger partial charge in [0.2, 0.25) is 0 Å². The highest BCUT2D eigenvalue weighted by Crippen LogP contribution is 2.62. The van der Waals surface area contributed by atoms with Crippen molar-refractivity contribution in [1.82, 2.24) is 0 Å². The SMILES string of the molecule is CC(C)(C)C1C2c3ccccc3C(c3ccccc32)C1C(=O)OCC(F)(F)S(=O)(=O)O. The number of benzene rings is 2. The lowest BCUT2D eigenvalue weighted by atomic mass is 9.49. The summed E-state index contributed by atoms with van der Waals surface area (Å²) in [7, 11) is -5.69. The lowest BCUT2D eigenvalue weighted by Gasteiger charge is -2.54. The van der Waals surface area contributed by atoms with Crippen LogP contribution in [0.15, 0.2) is 48.5 Å². The molecule has 0 fully saturated rings. The first-order chi connectivity index (χ1) is 14.3. The van der Waals surface area contributed by atoms with E-state index in [0.717, 1.165) is 22.3 Å². The molecule has 5 rings (SSSR count). The van der Waals surface area contributed by atoms with Crippen LogP contribution in [-0.2, 0) is 19.6 Å². The Morgan fingerprint density at radius 3 is 1.74 bits per heavy atom. The number of halogens is 2. The zero-order chi connectivity index (χ0) is 22.8. The molecule has 31 heavy (non-hydrogen) atoms. The standard InChI is InChI=1S/C23H24F2O5S/c1-22(2,3)20-18-15-10-6-4-8-13(15)17(14-9-5-7-11-16(14)18)19(20)21(26)30-12-23(24,25)31(27,28)29/h4-11,17-20H,12H2,1-3H3,(H,27,28,29). The van der Waals surface area contributed by atoms with E-state index >= 15 is 0 Å². The Labute approximate surface area is 180 Å². The number of hydrogen-bond acceptors (Lipinski definition) is 4. The minimum Gasteiger partial charge on any atom is -0.458 e. The van der Waals surface area contributed by atoms with Crippen molar-refractivity contribution < 1.29 is 31.3 Å². The van der Waals surface area contributed by atoms with Gasteiger partial charge in [-0.2, -0.15) is 17.2 Å². The van der Waals surface area contributed by atoms with Crippen LogP contribution in [-0.4, -0.2) is 30.8 Å². The van der Waals surface area contributed by atoms with Gasteiger partial charge < -0.3 is 4.74 Å². The van der Waals surface area contributed by atoms with Crippen LogP contribution >= 0.6 is 0 Å². The maximum Gasteiger partial charge on any atom is 0.402 e. The van der Waals surface area contributed by atoms with Crippen LogP contribution in [0.3, 0.4) is 0 Å². The van der Waals surface area contributed by atoms with Gasteiger partial charge in [0.05, 0.1) is 5.92 Å². The molecular weight excluding hydrogens is 426 g/mol. The van der Waals surface area contributed by atoms with Crippen molar-refractivity contribution in [2.45, 2.75) is 37.9 Å². The molecule has 2 atom stereocenters. The molecule has 2 bridgehead atoms. The van der Waals surface area contributed by atoms with E-state index in [-0.39, 0.29) is 17.3 Å². The van der Waals surface area contributed by atoms with Crippen molar-refractivity contribution in [2.24, 2.45) is 17.3 Å². The number of ether oxygens (including phenoxy) is 1. The summed E-state index contributed by atoms with van der Waals surface area (Å²) in [6.45, 7) is 4.27. The van der Waals surface area contributed by atoms with Crippen LogP contribution in [0.2, 0.25) is 0 Å². The van der Waals surface area contributed by atoms with Crippen molar-refractivity contribution in [2.75, 3.05) is 6.61 Å². The minimum absolute atomic E-state index is 0.128. The average Bonchev–Trinajstić information content (AvgIpc) is 2.70.